The van der Waals surface area contributed by atoms with Crippen molar-refractivity contribution < 1.29 is 9.59 Å². The summed E-state index contributed by atoms with van der Waals surface area (Å²) in [5.41, 5.74) is 27.1. The van der Waals surface area contributed by atoms with Crippen LogP contribution in [0.5, 0.6) is 0 Å². The second-order valence-corrected chi connectivity index (χ2v) is 21.0. The van der Waals surface area contributed by atoms with Crippen LogP contribution in [-0.2, 0) is 63.4 Å². The maximum absolute atomic E-state index is 15.0. The number of allylic oxidation sites excluding steroid dienone is 2. The molecular formula is C55H30O2. The lowest BCUT2D eigenvalue weighted by Crippen LogP contribution is -2.29. The van der Waals surface area contributed by atoms with E-state index in [1.807, 2.05) is 0 Å². The molecule has 0 aliphatic heterocycles. The molecule has 2 saturated carbocycles. The molecule has 0 amide bonds. The summed E-state index contributed by atoms with van der Waals surface area (Å²) in [7, 11) is 0. The lowest BCUT2D eigenvalue weighted by atomic mass is 9.66. The van der Waals surface area contributed by atoms with Crippen LogP contribution in [0.15, 0.2) is 59.7 Å². The van der Waals surface area contributed by atoms with E-state index in [2.05, 4.69) is 60.7 Å². The van der Waals surface area contributed by atoms with E-state index in [0.29, 0.717) is 0 Å². The van der Waals surface area contributed by atoms with Crippen LogP contribution in [0.25, 0.3) is 77.5 Å². The normalized spacial score (nSPS) is 35.5. The zero-order valence-corrected chi connectivity index (χ0v) is 31.1. The molecule has 2 heteroatoms. The number of rotatable bonds is 2. The zero-order valence-electron chi connectivity index (χ0n) is 31.1. The Balaban J connectivity index is 1.13. The summed E-state index contributed by atoms with van der Waals surface area (Å²) in [6.45, 7) is 0. The van der Waals surface area contributed by atoms with E-state index in [0.717, 1.165) is 57.8 Å². The van der Waals surface area contributed by atoms with Crippen molar-refractivity contribution in [3.05, 3.63) is 138 Å². The fraction of sp³-hybridized carbons (Fsp3) is 0.273. The number of aldehydes is 2. The highest BCUT2D eigenvalue weighted by Gasteiger charge is 2.99. The van der Waals surface area contributed by atoms with Gasteiger partial charge in [-0.1, -0.05) is 71.8 Å². The van der Waals surface area contributed by atoms with E-state index in [4.69, 9.17) is 0 Å². The van der Waals surface area contributed by atoms with Gasteiger partial charge in [-0.05, 0) is 201 Å². The van der Waals surface area contributed by atoms with Crippen LogP contribution >= 0.6 is 0 Å². The third-order valence-electron chi connectivity index (χ3n) is 20.4. The molecule has 5 unspecified atom stereocenters. The van der Waals surface area contributed by atoms with Crippen LogP contribution in [0.4, 0.5) is 0 Å². The Hall–Kier alpha value is -5.60. The first-order valence-electron chi connectivity index (χ1n) is 21.9. The fourth-order valence-electron chi connectivity index (χ4n) is 19.9. The Morgan fingerprint density at radius 1 is 0.439 bits per heavy atom. The Bertz CT molecular complexity index is 3780. The van der Waals surface area contributed by atoms with Crippen LogP contribution in [0.2, 0.25) is 0 Å². The molecule has 0 saturated heterocycles. The monoisotopic (exact) mass is 722 g/mol. The molecule has 7 aromatic rings. The van der Waals surface area contributed by atoms with Crippen molar-refractivity contribution >= 4 is 67.8 Å². The van der Waals surface area contributed by atoms with E-state index >= 15 is 0 Å². The highest BCUT2D eigenvalue weighted by Crippen LogP contribution is 3.00. The molecule has 2 nitrogen and oxygen atoms in total. The Labute approximate surface area is 326 Å². The summed E-state index contributed by atoms with van der Waals surface area (Å²) in [4.78, 5) is 29.9. The predicted octanol–water partition coefficient (Wildman–Crippen LogP) is 10.2. The summed E-state index contributed by atoms with van der Waals surface area (Å²) in [6.07, 6.45) is 16.9. The average molecular weight is 723 g/mol. The molecule has 16 aliphatic rings. The molecule has 23 rings (SSSR count). The molecule has 0 aromatic heterocycles. The van der Waals surface area contributed by atoms with Gasteiger partial charge in [-0.15, -0.1) is 0 Å². The van der Waals surface area contributed by atoms with Crippen molar-refractivity contribution in [3.8, 4) is 22.3 Å². The Morgan fingerprint density at radius 2 is 0.982 bits per heavy atom. The maximum atomic E-state index is 15.0. The summed E-state index contributed by atoms with van der Waals surface area (Å²) >= 11 is 0. The van der Waals surface area contributed by atoms with Crippen LogP contribution in [-0.4, -0.2) is 12.6 Å². The van der Waals surface area contributed by atoms with E-state index in [9.17, 15) is 9.59 Å². The van der Waals surface area contributed by atoms with Crippen LogP contribution in [0, 0.1) is 10.8 Å². The van der Waals surface area contributed by atoms with Gasteiger partial charge in [-0.25, -0.2) is 0 Å². The molecule has 0 radical (unpaired) electrons. The molecule has 0 N–H and O–H groups in total. The van der Waals surface area contributed by atoms with Gasteiger partial charge >= 0.3 is 0 Å². The summed E-state index contributed by atoms with van der Waals surface area (Å²) in [6, 6.07) is 19.8. The third-order valence-corrected chi connectivity index (χ3v) is 20.4. The average Bonchev–Trinajstić information content (AvgIpc) is 3.63. The first-order chi connectivity index (χ1) is 28.1. The van der Waals surface area contributed by atoms with Crippen molar-refractivity contribution in [2.75, 3.05) is 0 Å². The fourth-order valence-corrected chi connectivity index (χ4v) is 19.9. The number of aryl methyl sites for hydroxylation is 2. The molecule has 6 atom stereocenters. The molecule has 4 spiro atoms. The molecule has 2 fully saturated rings. The third kappa shape index (κ3) is 1.71. The van der Waals surface area contributed by atoms with Gasteiger partial charge in [0.15, 0.2) is 0 Å². The highest BCUT2D eigenvalue weighted by atomic mass is 16.1. The molecular weight excluding hydrogens is 693 g/mol. The maximum Gasteiger partial charge on any atom is 0.128 e. The lowest BCUT2D eigenvalue weighted by molar-refractivity contribution is -0.114. The first-order valence-corrected chi connectivity index (χ1v) is 21.9. The Kier molecular flexibility index (Phi) is 3.10. The van der Waals surface area contributed by atoms with Gasteiger partial charge in [0.2, 0.25) is 0 Å². The quantitative estimate of drug-likeness (QED) is 0.132. The van der Waals surface area contributed by atoms with Crippen molar-refractivity contribution in [1.29, 1.82) is 0 Å². The first kappa shape index (κ1) is 26.3. The number of benzene rings is 7. The van der Waals surface area contributed by atoms with Crippen molar-refractivity contribution in [3.63, 3.8) is 0 Å². The van der Waals surface area contributed by atoms with Gasteiger partial charge in [-0.2, -0.15) is 0 Å². The number of carbonyl (C=O) groups excluding carboxylic acids is 2. The predicted molar refractivity (Wildman–Crippen MR) is 221 cm³/mol. The zero-order chi connectivity index (χ0) is 36.0. The summed E-state index contributed by atoms with van der Waals surface area (Å²) < 4.78 is 0. The van der Waals surface area contributed by atoms with Gasteiger partial charge in [0.05, 0.1) is 21.7 Å². The molecule has 0 heterocycles. The standard InChI is InChI=1S/C55H30O2/c56-20-50-9-1-3-22-5-7-23(8-6-22)4-2-10-51(21-57)53-32-17-28-13-25-11-24-12-26-14-27-16-31-19-30-15-29(18-32)46(53)42-43-48-40-37-36(33(24)34(25)38(40)45(28)54(48,51)53)35(26)39-41(37)49(43)55(50,47(30)42)52(31,50)44(27)39/h5-8,12-15,17,19-21H,1-4,9-11,16,18H2/t50?,51-,52?,53?,54?,55?/m0/s1. The minimum atomic E-state index is -0.554. The molecule has 262 valence electrons. The van der Waals surface area contributed by atoms with Crippen LogP contribution in [0.1, 0.15) is 104 Å². The minimum Gasteiger partial charge on any atom is -0.303 e. The smallest absolute Gasteiger partial charge is 0.128 e. The topological polar surface area (TPSA) is 34.1 Å². The van der Waals surface area contributed by atoms with Gasteiger partial charge in [0.1, 0.15) is 12.6 Å². The lowest BCUT2D eigenvalue weighted by Gasteiger charge is -2.35. The summed E-state index contributed by atoms with van der Waals surface area (Å²) in [5, 5.41) is 12.0. The molecule has 7 aromatic carbocycles. The second kappa shape index (κ2) is 6.71. The van der Waals surface area contributed by atoms with E-state index < -0.39 is 21.7 Å². The van der Waals surface area contributed by atoms with Crippen molar-refractivity contribution in [1.82, 2.24) is 0 Å². The molecule has 57 heavy (non-hydrogen) atoms. The van der Waals surface area contributed by atoms with Gasteiger partial charge in [-0.3, -0.25) is 0 Å². The highest BCUT2D eigenvalue weighted by molar-refractivity contribution is 6.46. The van der Waals surface area contributed by atoms with E-state index in [1.54, 1.807) is 11.1 Å². The van der Waals surface area contributed by atoms with E-state index in [1.165, 1.54) is 156 Å². The molecule has 12 bridgehead atoms. The number of hydrogen-bond acceptors (Lipinski definition) is 2. The molecule has 16 aliphatic carbocycles. The van der Waals surface area contributed by atoms with Crippen LogP contribution < -0.4 is 0 Å². The largest absolute Gasteiger partial charge is 0.303 e. The summed E-state index contributed by atoms with van der Waals surface area (Å²) in [5.74, 6) is 0. The van der Waals surface area contributed by atoms with Crippen molar-refractivity contribution in [2.45, 2.75) is 79.4 Å². The van der Waals surface area contributed by atoms with Gasteiger partial charge in [0.25, 0.3) is 0 Å². The Morgan fingerprint density at radius 3 is 1.70 bits per heavy atom. The SMILES string of the molecule is O=CC12CCCc3ccc(cc3)CCC[C@]3(C=O)C45C6=Cc7cc8c9c%10c7C43c3c4c7c%11c(c3%10)c3c%10c-%11c%11c(cc%10cc(c93)C8)CC3=Cc8cc(c5c-4c8C71C3%112)C6. The van der Waals surface area contributed by atoms with Crippen molar-refractivity contribution in [2.24, 2.45) is 10.8 Å². The van der Waals surface area contributed by atoms with Gasteiger partial charge in [0, 0.05) is 10.8 Å². The number of hydrogen-bond donors (Lipinski definition) is 0. The minimum absolute atomic E-state index is 0.345. The second-order valence-electron chi connectivity index (χ2n) is 21.0. The number of carbonyl (C=O) groups is 2. The van der Waals surface area contributed by atoms with Gasteiger partial charge < -0.3 is 9.59 Å². The van der Waals surface area contributed by atoms with E-state index in [-0.39, 0.29) is 10.8 Å². The van der Waals surface area contributed by atoms with Crippen LogP contribution in [0.3, 0.4) is 0 Å².